The second kappa shape index (κ2) is 10.0. The summed E-state index contributed by atoms with van der Waals surface area (Å²) in [6.07, 6.45) is 8.18. The van der Waals surface area contributed by atoms with Crippen LogP contribution in [0.3, 0.4) is 0 Å². The normalized spacial score (nSPS) is 11.2. The lowest BCUT2D eigenvalue weighted by Gasteiger charge is -2.09. The van der Waals surface area contributed by atoms with Gasteiger partial charge in [-0.05, 0) is 62.3 Å². The first-order valence-corrected chi connectivity index (χ1v) is 9.86. The van der Waals surface area contributed by atoms with Gasteiger partial charge in [-0.15, -0.1) is 23.1 Å². The lowest BCUT2D eigenvalue weighted by Crippen LogP contribution is -2.12. The summed E-state index contributed by atoms with van der Waals surface area (Å²) in [5, 5.41) is 3.36. The summed E-state index contributed by atoms with van der Waals surface area (Å²) in [6, 6.07) is 8.59. The molecule has 0 saturated heterocycles. The van der Waals surface area contributed by atoms with Gasteiger partial charge in [-0.1, -0.05) is 25.0 Å². The van der Waals surface area contributed by atoms with E-state index in [0.29, 0.717) is 0 Å². The van der Waals surface area contributed by atoms with E-state index in [4.69, 9.17) is 0 Å². The molecule has 0 aliphatic heterocycles. The fourth-order valence-corrected chi connectivity index (χ4v) is 4.07. The van der Waals surface area contributed by atoms with Gasteiger partial charge in [-0.25, -0.2) is 4.98 Å². The molecule has 0 saturated carbocycles. The fourth-order valence-electron chi connectivity index (χ4n) is 2.34. The van der Waals surface area contributed by atoms with Gasteiger partial charge >= 0.3 is 0 Å². The lowest BCUT2D eigenvalue weighted by atomic mass is 10.2. The zero-order chi connectivity index (χ0) is 15.6. The molecule has 0 spiro atoms. The second-order valence-corrected chi connectivity index (χ2v) is 7.91. The van der Waals surface area contributed by atoms with E-state index >= 15 is 0 Å². The maximum Gasteiger partial charge on any atom is 0.0995 e. The van der Waals surface area contributed by atoms with Gasteiger partial charge in [0.1, 0.15) is 0 Å². The molecule has 4 heteroatoms. The first-order valence-electron chi connectivity index (χ1n) is 7.99. The zero-order valence-corrected chi connectivity index (χ0v) is 15.3. The second-order valence-electron chi connectivity index (χ2n) is 5.79. The Morgan fingerprint density at radius 1 is 1.09 bits per heavy atom. The maximum absolute atomic E-state index is 4.58. The number of hydrogen-bond acceptors (Lipinski definition) is 4. The lowest BCUT2D eigenvalue weighted by molar-refractivity contribution is 0.391. The predicted octanol–water partition coefficient (Wildman–Crippen LogP) is 4.95. The van der Waals surface area contributed by atoms with Crippen molar-refractivity contribution in [3.05, 3.63) is 46.3 Å². The standard InChI is InChI=1S/C18H26N2S2/c1-20(2)12-5-3-4-6-13-22-18-16(9-7-11-19-18)15-17-10-8-14-21-17/h7-11,14H,3-6,12-13,15H2,1-2H3. The van der Waals surface area contributed by atoms with Gasteiger partial charge in [-0.3, -0.25) is 0 Å². The van der Waals surface area contributed by atoms with Crippen LogP contribution in [0, 0.1) is 0 Å². The Morgan fingerprint density at radius 2 is 1.95 bits per heavy atom. The number of nitrogens with zero attached hydrogens (tertiary/aromatic N) is 2. The molecule has 0 aliphatic carbocycles. The third kappa shape index (κ3) is 6.51. The maximum atomic E-state index is 4.58. The van der Waals surface area contributed by atoms with Gasteiger partial charge < -0.3 is 4.90 Å². The van der Waals surface area contributed by atoms with E-state index in [0.717, 1.165) is 6.42 Å². The Kier molecular flexibility index (Phi) is 7.99. The van der Waals surface area contributed by atoms with E-state index in [1.807, 2.05) is 35.4 Å². The van der Waals surface area contributed by atoms with Gasteiger partial charge in [0.15, 0.2) is 0 Å². The van der Waals surface area contributed by atoms with Crippen LogP contribution in [0.5, 0.6) is 0 Å². The van der Waals surface area contributed by atoms with E-state index in [9.17, 15) is 0 Å². The van der Waals surface area contributed by atoms with Gasteiger partial charge in [-0.2, -0.15) is 0 Å². The molecule has 0 aromatic carbocycles. The molecule has 2 nitrogen and oxygen atoms in total. The highest BCUT2D eigenvalue weighted by molar-refractivity contribution is 7.99. The minimum atomic E-state index is 1.01. The fraction of sp³-hybridized carbons (Fsp3) is 0.500. The monoisotopic (exact) mass is 334 g/mol. The molecular formula is C18H26N2S2. The molecule has 22 heavy (non-hydrogen) atoms. The summed E-state index contributed by atoms with van der Waals surface area (Å²) in [5.74, 6) is 1.18. The van der Waals surface area contributed by atoms with Gasteiger partial charge in [0.25, 0.3) is 0 Å². The molecule has 0 aliphatic rings. The van der Waals surface area contributed by atoms with E-state index < -0.39 is 0 Å². The van der Waals surface area contributed by atoms with Crippen LogP contribution in [0.4, 0.5) is 0 Å². The minimum absolute atomic E-state index is 1.01. The van der Waals surface area contributed by atoms with Crippen molar-refractivity contribution in [2.75, 3.05) is 26.4 Å². The summed E-state index contributed by atoms with van der Waals surface area (Å²) >= 11 is 3.74. The Bertz CT molecular complexity index is 524. The van der Waals surface area contributed by atoms with Crippen molar-refractivity contribution in [3.63, 3.8) is 0 Å². The largest absolute Gasteiger partial charge is 0.309 e. The van der Waals surface area contributed by atoms with E-state index in [2.05, 4.69) is 47.6 Å². The Labute approximate surface area is 143 Å². The molecule has 2 rings (SSSR count). The molecule has 2 aromatic rings. The van der Waals surface area contributed by atoms with Crippen LogP contribution >= 0.6 is 23.1 Å². The smallest absolute Gasteiger partial charge is 0.0995 e. The van der Waals surface area contributed by atoms with E-state index in [1.54, 1.807) is 0 Å². The molecule has 2 heterocycles. The van der Waals surface area contributed by atoms with Crippen LogP contribution < -0.4 is 0 Å². The highest BCUT2D eigenvalue weighted by atomic mass is 32.2. The summed E-state index contributed by atoms with van der Waals surface area (Å²) in [6.45, 7) is 1.21. The molecule has 0 bridgehead atoms. The predicted molar refractivity (Wildman–Crippen MR) is 99.1 cm³/mol. The van der Waals surface area contributed by atoms with Crippen LogP contribution in [-0.2, 0) is 6.42 Å². The van der Waals surface area contributed by atoms with Gasteiger partial charge in [0, 0.05) is 17.5 Å². The number of thioether (sulfide) groups is 1. The molecular weight excluding hydrogens is 308 g/mol. The molecule has 0 atom stereocenters. The van der Waals surface area contributed by atoms with E-state index in [1.165, 1.54) is 53.4 Å². The molecule has 0 radical (unpaired) electrons. The Morgan fingerprint density at radius 3 is 2.73 bits per heavy atom. The first kappa shape index (κ1) is 17.5. The third-order valence-electron chi connectivity index (χ3n) is 3.53. The molecule has 0 unspecified atom stereocenters. The number of aromatic nitrogens is 1. The minimum Gasteiger partial charge on any atom is -0.309 e. The van der Waals surface area contributed by atoms with Crippen molar-refractivity contribution >= 4 is 23.1 Å². The van der Waals surface area contributed by atoms with Crippen molar-refractivity contribution in [2.45, 2.75) is 37.1 Å². The molecule has 0 fully saturated rings. The summed E-state index contributed by atoms with van der Waals surface area (Å²) < 4.78 is 0. The van der Waals surface area contributed by atoms with Crippen molar-refractivity contribution < 1.29 is 0 Å². The average Bonchev–Trinajstić information content (AvgIpc) is 3.00. The van der Waals surface area contributed by atoms with Crippen LogP contribution in [0.15, 0.2) is 40.9 Å². The molecule has 0 amide bonds. The quantitative estimate of drug-likeness (QED) is 0.452. The van der Waals surface area contributed by atoms with Crippen molar-refractivity contribution in [2.24, 2.45) is 0 Å². The molecule has 120 valence electrons. The topological polar surface area (TPSA) is 16.1 Å². The Hall–Kier alpha value is -0.840. The van der Waals surface area contributed by atoms with Crippen LogP contribution in [0.2, 0.25) is 0 Å². The van der Waals surface area contributed by atoms with Gasteiger partial charge in [0.05, 0.1) is 5.03 Å². The molecule has 2 aromatic heterocycles. The van der Waals surface area contributed by atoms with Crippen molar-refractivity contribution in [1.82, 2.24) is 9.88 Å². The highest BCUT2D eigenvalue weighted by Crippen LogP contribution is 2.25. The summed E-state index contributed by atoms with van der Waals surface area (Å²) in [7, 11) is 4.29. The highest BCUT2D eigenvalue weighted by Gasteiger charge is 2.05. The zero-order valence-electron chi connectivity index (χ0n) is 13.6. The first-order chi connectivity index (χ1) is 10.8. The number of rotatable bonds is 10. The van der Waals surface area contributed by atoms with Crippen molar-refractivity contribution in [1.29, 1.82) is 0 Å². The van der Waals surface area contributed by atoms with Crippen molar-refractivity contribution in [3.8, 4) is 0 Å². The van der Waals surface area contributed by atoms with Crippen LogP contribution in [0.1, 0.15) is 36.1 Å². The number of pyridine rings is 1. The van der Waals surface area contributed by atoms with Gasteiger partial charge in [0.2, 0.25) is 0 Å². The SMILES string of the molecule is CN(C)CCCCCCSc1ncccc1Cc1cccs1. The third-order valence-corrected chi connectivity index (χ3v) is 5.54. The molecule has 0 N–H and O–H groups in total. The number of hydrogen-bond donors (Lipinski definition) is 0. The number of unbranched alkanes of at least 4 members (excludes halogenated alkanes) is 3. The number of thiophene rings is 1. The van der Waals surface area contributed by atoms with Crippen LogP contribution in [-0.4, -0.2) is 36.3 Å². The summed E-state index contributed by atoms with van der Waals surface area (Å²) in [4.78, 5) is 8.26. The Balaban J connectivity index is 1.71. The van der Waals surface area contributed by atoms with E-state index in [-0.39, 0.29) is 0 Å². The average molecular weight is 335 g/mol. The van der Waals surface area contributed by atoms with Crippen LogP contribution in [0.25, 0.3) is 0 Å². The summed E-state index contributed by atoms with van der Waals surface area (Å²) in [5.41, 5.74) is 1.36.